The predicted octanol–water partition coefficient (Wildman–Crippen LogP) is 2.55. The van der Waals surface area contributed by atoms with Crippen LogP contribution in [0, 0.1) is 0 Å². The summed E-state index contributed by atoms with van der Waals surface area (Å²) in [7, 11) is 0. The molecular weight excluding hydrogens is 326 g/mol. The maximum atomic E-state index is 12.4. The Hall–Kier alpha value is -1.87. The molecule has 0 amide bonds. The number of hydrogen-bond acceptors (Lipinski definition) is 2. The van der Waals surface area contributed by atoms with Crippen LogP contribution in [0.3, 0.4) is 0 Å². The van der Waals surface area contributed by atoms with Crippen molar-refractivity contribution < 1.29 is 4.79 Å². The fraction of sp³-hybridized carbons (Fsp3) is 0.167. The number of benzene rings is 2. The molecule has 2 nitrogen and oxygen atoms in total. The van der Waals surface area contributed by atoms with Gasteiger partial charge in [-0.05, 0) is 29.5 Å². The van der Waals surface area contributed by atoms with E-state index in [-0.39, 0.29) is 11.8 Å². The average molecular weight is 342 g/mol. The lowest BCUT2D eigenvalue weighted by molar-refractivity contribution is 0.0956. The van der Waals surface area contributed by atoms with Crippen molar-refractivity contribution in [1.82, 2.24) is 4.90 Å². The van der Waals surface area contributed by atoms with Gasteiger partial charge in [-0.25, -0.2) is 0 Å². The van der Waals surface area contributed by atoms with E-state index in [1.807, 2.05) is 36.4 Å². The number of fused-ring (bicyclic) bond motifs is 1. The third kappa shape index (κ3) is 3.08. The minimum atomic E-state index is 0.137. The van der Waals surface area contributed by atoms with Crippen molar-refractivity contribution in [2.75, 3.05) is 6.54 Å². The van der Waals surface area contributed by atoms with Gasteiger partial charge in [0, 0.05) is 22.3 Å². The molecule has 1 aliphatic rings. The molecule has 3 rings (SSSR count). The molecular formula is C18H16BrNO. The summed E-state index contributed by atoms with van der Waals surface area (Å²) in [6.45, 7) is 2.51. The first-order valence-corrected chi connectivity index (χ1v) is 7.76. The lowest BCUT2D eigenvalue weighted by atomic mass is 10.1. The second-order valence-electron chi connectivity index (χ2n) is 5.27. The summed E-state index contributed by atoms with van der Waals surface area (Å²) in [6, 6.07) is 16.0. The number of ketones is 1. The van der Waals surface area contributed by atoms with Gasteiger partial charge in [0.05, 0.1) is 6.54 Å². The molecule has 0 bridgehead atoms. The second kappa shape index (κ2) is 5.86. The van der Waals surface area contributed by atoms with Gasteiger partial charge in [-0.1, -0.05) is 58.4 Å². The number of carbonyl (C=O) groups is 1. The Labute approximate surface area is 132 Å². The summed E-state index contributed by atoms with van der Waals surface area (Å²) in [4.78, 5) is 14.5. The first kappa shape index (κ1) is 14.1. The minimum Gasteiger partial charge on any atom is -0.363 e. The zero-order valence-corrected chi connectivity index (χ0v) is 13.4. The molecule has 0 saturated carbocycles. The molecule has 0 aliphatic carbocycles. The van der Waals surface area contributed by atoms with Crippen LogP contribution in [0.1, 0.15) is 17.3 Å². The van der Waals surface area contributed by atoms with Gasteiger partial charge in [0.25, 0.3) is 0 Å². The highest BCUT2D eigenvalue weighted by Gasteiger charge is 2.16. The van der Waals surface area contributed by atoms with Crippen molar-refractivity contribution in [3.8, 4) is 0 Å². The third-order valence-corrected chi connectivity index (χ3v) is 4.27. The van der Waals surface area contributed by atoms with Crippen LogP contribution >= 0.6 is 15.9 Å². The normalized spacial score (nSPS) is 16.7. The molecule has 21 heavy (non-hydrogen) atoms. The van der Waals surface area contributed by atoms with Gasteiger partial charge in [0.15, 0.2) is 5.78 Å². The average Bonchev–Trinajstić information content (AvgIpc) is 2.48. The van der Waals surface area contributed by atoms with Crippen molar-refractivity contribution >= 4 is 34.0 Å². The van der Waals surface area contributed by atoms with E-state index in [9.17, 15) is 4.79 Å². The maximum Gasteiger partial charge on any atom is 0.182 e. The van der Waals surface area contributed by atoms with Gasteiger partial charge < -0.3 is 4.90 Å². The Morgan fingerprint density at radius 3 is 2.48 bits per heavy atom. The first-order valence-electron chi connectivity index (χ1n) is 6.97. The summed E-state index contributed by atoms with van der Waals surface area (Å²) >= 11 is 3.39. The van der Waals surface area contributed by atoms with Gasteiger partial charge in [-0.3, -0.25) is 4.79 Å². The van der Waals surface area contributed by atoms with Crippen LogP contribution in [0.5, 0.6) is 0 Å². The number of hydrogen-bond donors (Lipinski definition) is 0. The van der Waals surface area contributed by atoms with Gasteiger partial charge in [0.2, 0.25) is 0 Å². The van der Waals surface area contributed by atoms with E-state index in [2.05, 4.69) is 52.2 Å². The number of halogens is 1. The number of Topliss-reactive ketones (excluding diaryl/α,β-unsaturated/α-hetero) is 1. The van der Waals surface area contributed by atoms with Crippen LogP contribution in [0.15, 0.2) is 53.0 Å². The van der Waals surface area contributed by atoms with Crippen molar-refractivity contribution in [2.45, 2.75) is 13.0 Å². The topological polar surface area (TPSA) is 20.3 Å². The van der Waals surface area contributed by atoms with Gasteiger partial charge in [-0.2, -0.15) is 0 Å². The summed E-state index contributed by atoms with van der Waals surface area (Å²) in [6.07, 6.45) is 4.28. The Bertz CT molecular complexity index is 780. The maximum absolute atomic E-state index is 12.4. The fourth-order valence-electron chi connectivity index (χ4n) is 2.51. The molecule has 2 aromatic rings. The van der Waals surface area contributed by atoms with Crippen LogP contribution in [-0.4, -0.2) is 23.3 Å². The van der Waals surface area contributed by atoms with E-state index in [0.29, 0.717) is 6.54 Å². The summed E-state index contributed by atoms with van der Waals surface area (Å²) in [5.74, 6) is 0.137. The molecule has 0 N–H and O–H groups in total. The molecule has 1 aliphatic heterocycles. The van der Waals surface area contributed by atoms with E-state index in [1.165, 1.54) is 10.4 Å². The third-order valence-electron chi connectivity index (χ3n) is 3.74. The highest BCUT2D eigenvalue weighted by atomic mass is 79.9. The van der Waals surface area contributed by atoms with E-state index in [4.69, 9.17) is 0 Å². The van der Waals surface area contributed by atoms with E-state index >= 15 is 0 Å². The lowest BCUT2D eigenvalue weighted by Crippen LogP contribution is -2.42. The standard InChI is InChI=1S/C18H16BrNO/c1-13-10-15-4-2-3-5-16(15)11-20(13)12-18(21)14-6-8-17(19)9-7-14/h2-11,13H,12H2,1H3. The Morgan fingerprint density at radius 1 is 1.10 bits per heavy atom. The molecule has 1 unspecified atom stereocenters. The van der Waals surface area contributed by atoms with Gasteiger partial charge >= 0.3 is 0 Å². The SMILES string of the molecule is CC1C=c2ccccc2=CN1CC(=O)c1ccc(Br)cc1. The smallest absolute Gasteiger partial charge is 0.182 e. The summed E-state index contributed by atoms with van der Waals surface area (Å²) in [5, 5.41) is 2.40. The van der Waals surface area contributed by atoms with Crippen LogP contribution < -0.4 is 10.4 Å². The number of carbonyl (C=O) groups excluding carboxylic acids is 1. The van der Waals surface area contributed by atoms with E-state index in [1.54, 1.807) is 0 Å². The fourth-order valence-corrected chi connectivity index (χ4v) is 2.78. The largest absolute Gasteiger partial charge is 0.363 e. The quantitative estimate of drug-likeness (QED) is 0.799. The van der Waals surface area contributed by atoms with Crippen LogP contribution in [0.25, 0.3) is 12.3 Å². The molecule has 0 saturated heterocycles. The second-order valence-corrected chi connectivity index (χ2v) is 6.18. The zero-order valence-electron chi connectivity index (χ0n) is 11.8. The van der Waals surface area contributed by atoms with Crippen molar-refractivity contribution in [2.24, 2.45) is 0 Å². The Balaban J connectivity index is 1.84. The molecule has 2 aromatic carbocycles. The summed E-state index contributed by atoms with van der Waals surface area (Å²) in [5.41, 5.74) is 0.748. The van der Waals surface area contributed by atoms with Crippen LogP contribution in [0.2, 0.25) is 0 Å². The monoisotopic (exact) mass is 341 g/mol. The zero-order chi connectivity index (χ0) is 14.8. The number of rotatable bonds is 3. The molecule has 0 aromatic heterocycles. The lowest BCUT2D eigenvalue weighted by Gasteiger charge is -2.27. The van der Waals surface area contributed by atoms with E-state index in [0.717, 1.165) is 10.0 Å². The van der Waals surface area contributed by atoms with Gasteiger partial charge in [-0.15, -0.1) is 0 Å². The molecule has 106 valence electrons. The van der Waals surface area contributed by atoms with Crippen molar-refractivity contribution in [1.29, 1.82) is 0 Å². The molecule has 0 radical (unpaired) electrons. The molecule has 1 atom stereocenters. The van der Waals surface area contributed by atoms with Crippen molar-refractivity contribution in [3.63, 3.8) is 0 Å². The molecule has 0 spiro atoms. The highest BCUT2D eigenvalue weighted by molar-refractivity contribution is 9.10. The van der Waals surface area contributed by atoms with Crippen LogP contribution in [0.4, 0.5) is 0 Å². The Morgan fingerprint density at radius 2 is 1.76 bits per heavy atom. The molecule has 3 heteroatoms. The van der Waals surface area contributed by atoms with E-state index < -0.39 is 0 Å². The summed E-state index contributed by atoms with van der Waals surface area (Å²) < 4.78 is 0.985. The molecule has 1 heterocycles. The highest BCUT2D eigenvalue weighted by Crippen LogP contribution is 2.12. The minimum absolute atomic E-state index is 0.137. The number of nitrogens with zero attached hydrogens (tertiary/aromatic N) is 1. The molecule has 0 fully saturated rings. The first-order chi connectivity index (χ1) is 10.1. The Kier molecular flexibility index (Phi) is 3.93. The van der Waals surface area contributed by atoms with Crippen LogP contribution in [-0.2, 0) is 0 Å². The van der Waals surface area contributed by atoms with Crippen molar-refractivity contribution in [3.05, 3.63) is 69.0 Å². The van der Waals surface area contributed by atoms with Gasteiger partial charge in [0.1, 0.15) is 0 Å². The predicted molar refractivity (Wildman–Crippen MR) is 89.3 cm³/mol.